The Morgan fingerprint density at radius 3 is 2.29 bits per heavy atom. The van der Waals surface area contributed by atoms with Crippen LogP contribution in [-0.4, -0.2) is 38.5 Å². The van der Waals surface area contributed by atoms with Gasteiger partial charge < -0.3 is 10.2 Å². The van der Waals surface area contributed by atoms with Crippen molar-refractivity contribution in [3.8, 4) is 0 Å². The van der Waals surface area contributed by atoms with Crippen molar-refractivity contribution in [1.29, 1.82) is 0 Å². The van der Waals surface area contributed by atoms with Gasteiger partial charge in [-0.1, -0.05) is 39.0 Å². The summed E-state index contributed by atoms with van der Waals surface area (Å²) in [4.78, 5) is 22.5. The smallest absolute Gasteiger partial charge is 0.330 e. The number of aliphatic hydroxyl groups excluding tert-OH is 1. The minimum absolute atomic E-state index is 0.264. The van der Waals surface area contributed by atoms with E-state index >= 15 is 0 Å². The van der Waals surface area contributed by atoms with Crippen LogP contribution in [0, 0.1) is 0 Å². The number of carboxylic acids is 1. The third-order valence-electron chi connectivity index (χ3n) is 2.47. The third kappa shape index (κ3) is 5.93. The maximum Gasteiger partial charge on any atom is 0.330 e. The molecule has 0 aromatic rings. The molecule has 2 N–H and O–H groups in total. The fourth-order valence-corrected chi connectivity index (χ4v) is 1.88. The number of aliphatic hydroxyl groups is 1. The number of amides is 1. The van der Waals surface area contributed by atoms with Gasteiger partial charge in [-0.15, -0.1) is 0 Å². The van der Waals surface area contributed by atoms with Crippen LogP contribution in [0.1, 0.15) is 46.0 Å². The van der Waals surface area contributed by atoms with Crippen LogP contribution in [0.4, 0.5) is 0 Å². The first-order valence-corrected chi connectivity index (χ1v) is 6.23. The molecule has 0 bridgehead atoms. The van der Waals surface area contributed by atoms with Crippen molar-refractivity contribution in [3.05, 3.63) is 0 Å². The molecule has 1 amide bonds. The molecule has 0 spiro atoms. The Morgan fingerprint density at radius 2 is 1.88 bits per heavy atom. The molecule has 0 radical (unpaired) electrons. The minimum atomic E-state index is -1.29. The van der Waals surface area contributed by atoms with Crippen molar-refractivity contribution in [2.75, 3.05) is 0 Å². The van der Waals surface area contributed by atoms with E-state index in [1.807, 2.05) is 0 Å². The van der Waals surface area contributed by atoms with Crippen LogP contribution in [0.2, 0.25) is 0 Å². The quantitative estimate of drug-likeness (QED) is 0.458. The van der Waals surface area contributed by atoms with Gasteiger partial charge in [0.1, 0.15) is 0 Å². The van der Waals surface area contributed by atoms with E-state index in [-0.39, 0.29) is 12.3 Å². The van der Waals surface area contributed by atoms with Gasteiger partial charge in [0.15, 0.2) is 6.04 Å². The second-order valence-corrected chi connectivity index (χ2v) is 4.50. The van der Waals surface area contributed by atoms with Crippen LogP contribution < -0.4 is 0 Å². The summed E-state index contributed by atoms with van der Waals surface area (Å²) in [6, 6.07) is -1.29. The molecule has 0 saturated heterocycles. The molecule has 6 heteroatoms. The van der Waals surface area contributed by atoms with E-state index in [2.05, 4.69) is 19.7 Å². The highest BCUT2D eigenvalue weighted by Gasteiger charge is 2.31. The van der Waals surface area contributed by atoms with Crippen LogP contribution in [0.5, 0.6) is 0 Å². The van der Waals surface area contributed by atoms with Gasteiger partial charge in [-0.25, -0.2) is 4.79 Å². The van der Waals surface area contributed by atoms with Crippen molar-refractivity contribution >= 4 is 24.7 Å². The van der Waals surface area contributed by atoms with Gasteiger partial charge in [0.05, 0.1) is 6.10 Å². The highest BCUT2D eigenvalue weighted by molar-refractivity contribution is 7.78. The molecular formula is C11H21NO4S. The van der Waals surface area contributed by atoms with E-state index in [0.717, 1.165) is 30.0 Å². The topological polar surface area (TPSA) is 77.8 Å². The Bertz CT molecular complexity index is 258. The van der Waals surface area contributed by atoms with Crippen molar-refractivity contribution < 1.29 is 19.8 Å². The van der Waals surface area contributed by atoms with Crippen LogP contribution >= 0.6 is 12.8 Å². The molecule has 2 atom stereocenters. The van der Waals surface area contributed by atoms with Gasteiger partial charge in [-0.3, -0.25) is 9.10 Å². The standard InChI is InChI=1S/C11H21NO4S/c1-3-4-5-6-7-9(14)12(17)10(8(2)13)11(15)16/h8,10,13,17H,3-7H2,1-2H3,(H,15,16). The number of hydrogen-bond acceptors (Lipinski definition) is 4. The number of rotatable bonds is 8. The van der Waals surface area contributed by atoms with Crippen LogP contribution in [0.25, 0.3) is 0 Å². The number of unbranched alkanes of at least 4 members (excludes halogenated alkanes) is 3. The summed E-state index contributed by atoms with van der Waals surface area (Å²) < 4.78 is 0.818. The lowest BCUT2D eigenvalue weighted by Gasteiger charge is -2.25. The first-order valence-electron chi connectivity index (χ1n) is 5.83. The molecule has 0 aromatic heterocycles. The van der Waals surface area contributed by atoms with Gasteiger partial charge in [0.2, 0.25) is 5.91 Å². The van der Waals surface area contributed by atoms with Gasteiger partial charge in [0, 0.05) is 6.42 Å². The second kappa shape index (κ2) is 8.36. The first-order chi connectivity index (χ1) is 7.91. The summed E-state index contributed by atoms with van der Waals surface area (Å²) in [6.45, 7) is 3.40. The van der Waals surface area contributed by atoms with Gasteiger partial charge in [0.25, 0.3) is 0 Å². The summed E-state index contributed by atoms with van der Waals surface area (Å²) in [5.41, 5.74) is 0. The van der Waals surface area contributed by atoms with Crippen LogP contribution in [0.3, 0.4) is 0 Å². The number of nitrogens with zero attached hydrogens (tertiary/aromatic N) is 1. The molecule has 0 saturated carbocycles. The van der Waals surface area contributed by atoms with Crippen molar-refractivity contribution in [1.82, 2.24) is 4.31 Å². The molecule has 0 aliphatic carbocycles. The number of carboxylic acid groups (broad SMARTS) is 1. The lowest BCUT2D eigenvalue weighted by atomic mass is 10.1. The number of hydrogen-bond donors (Lipinski definition) is 3. The Hall–Kier alpha value is -0.750. The lowest BCUT2D eigenvalue weighted by Crippen LogP contribution is -2.46. The normalized spacial score (nSPS) is 14.1. The molecular weight excluding hydrogens is 242 g/mol. The van der Waals surface area contributed by atoms with E-state index in [1.165, 1.54) is 6.92 Å². The summed E-state index contributed by atoms with van der Waals surface area (Å²) in [7, 11) is 0. The highest BCUT2D eigenvalue weighted by atomic mass is 32.1. The molecule has 2 unspecified atom stereocenters. The maximum absolute atomic E-state index is 11.6. The molecule has 5 nitrogen and oxygen atoms in total. The largest absolute Gasteiger partial charge is 0.480 e. The SMILES string of the molecule is CCCCCCC(=O)N(S)C(C(=O)O)C(C)O. The molecule has 0 aromatic carbocycles. The van der Waals surface area contributed by atoms with Gasteiger partial charge in [-0.05, 0) is 13.3 Å². The Balaban J connectivity index is 4.22. The molecule has 100 valence electrons. The van der Waals surface area contributed by atoms with Crippen molar-refractivity contribution in [3.63, 3.8) is 0 Å². The van der Waals surface area contributed by atoms with Crippen molar-refractivity contribution in [2.24, 2.45) is 0 Å². The Morgan fingerprint density at radius 1 is 1.29 bits per heavy atom. The summed E-state index contributed by atoms with van der Waals surface area (Å²) in [5, 5.41) is 18.2. The predicted molar refractivity (Wildman–Crippen MR) is 67.7 cm³/mol. The Labute approximate surface area is 107 Å². The van der Waals surface area contributed by atoms with Crippen LogP contribution in [-0.2, 0) is 9.59 Å². The number of carbonyl (C=O) groups is 2. The molecule has 0 rings (SSSR count). The van der Waals surface area contributed by atoms with E-state index in [4.69, 9.17) is 5.11 Å². The second-order valence-electron chi connectivity index (χ2n) is 4.07. The van der Waals surface area contributed by atoms with Crippen LogP contribution in [0.15, 0.2) is 0 Å². The minimum Gasteiger partial charge on any atom is -0.480 e. The molecule has 0 fully saturated rings. The van der Waals surface area contributed by atoms with Gasteiger partial charge >= 0.3 is 5.97 Å². The maximum atomic E-state index is 11.6. The monoisotopic (exact) mass is 263 g/mol. The molecule has 0 heterocycles. The number of thiol groups is 1. The van der Waals surface area contributed by atoms with E-state index in [0.29, 0.717) is 0 Å². The lowest BCUT2D eigenvalue weighted by molar-refractivity contribution is -0.149. The average Bonchev–Trinajstić information content (AvgIpc) is 2.22. The third-order valence-corrected chi connectivity index (χ3v) is 2.95. The van der Waals surface area contributed by atoms with E-state index in [9.17, 15) is 14.7 Å². The summed E-state index contributed by atoms with van der Waals surface area (Å²) >= 11 is 3.87. The summed E-state index contributed by atoms with van der Waals surface area (Å²) in [6.07, 6.45) is 2.90. The zero-order chi connectivity index (χ0) is 13.4. The van der Waals surface area contributed by atoms with Gasteiger partial charge in [-0.2, -0.15) is 0 Å². The molecule has 17 heavy (non-hydrogen) atoms. The zero-order valence-corrected chi connectivity index (χ0v) is 11.2. The molecule has 0 aliphatic rings. The highest BCUT2D eigenvalue weighted by Crippen LogP contribution is 2.13. The Kier molecular flexibility index (Phi) is 7.99. The molecule has 0 aliphatic heterocycles. The number of carbonyl (C=O) groups excluding carboxylic acids is 1. The van der Waals surface area contributed by atoms with E-state index in [1.54, 1.807) is 0 Å². The van der Waals surface area contributed by atoms with E-state index < -0.39 is 18.1 Å². The number of aliphatic carboxylic acids is 1. The summed E-state index contributed by atoms with van der Waals surface area (Å²) in [5.74, 6) is -1.62. The van der Waals surface area contributed by atoms with Crippen molar-refractivity contribution in [2.45, 2.75) is 58.1 Å². The first kappa shape index (κ1) is 16.2. The average molecular weight is 263 g/mol. The zero-order valence-electron chi connectivity index (χ0n) is 10.3. The fourth-order valence-electron chi connectivity index (χ4n) is 1.49. The fraction of sp³-hybridized carbons (Fsp3) is 0.818. The predicted octanol–water partition coefficient (Wildman–Crippen LogP) is 1.46.